The number of halogens is 1. The summed E-state index contributed by atoms with van der Waals surface area (Å²) in [6.45, 7) is 0.214. The third-order valence-electron chi connectivity index (χ3n) is 2.26. The van der Waals surface area contributed by atoms with E-state index in [0.717, 1.165) is 0 Å². The van der Waals surface area contributed by atoms with Gasteiger partial charge in [-0.2, -0.15) is 0 Å². The molecule has 5 heteroatoms. The average Bonchev–Trinajstić information content (AvgIpc) is 2.23. The van der Waals surface area contributed by atoms with E-state index >= 15 is 0 Å². The first-order valence-electron chi connectivity index (χ1n) is 4.51. The van der Waals surface area contributed by atoms with Crippen LogP contribution in [0.5, 0.6) is 0 Å². The Bertz CT molecular complexity index is 420. The van der Waals surface area contributed by atoms with Crippen molar-refractivity contribution in [1.82, 2.24) is 10.6 Å². The van der Waals surface area contributed by atoms with Crippen molar-refractivity contribution in [2.45, 2.75) is 6.04 Å². The predicted octanol–water partition coefficient (Wildman–Crippen LogP) is 0.113. The van der Waals surface area contributed by atoms with Crippen LogP contribution in [0.1, 0.15) is 11.6 Å². The molecule has 0 aromatic heterocycles. The number of carbonyl (C=O) groups excluding carboxylic acids is 2. The number of benzene rings is 1. The Balaban J connectivity index is 2.23. The molecule has 1 heterocycles. The first-order chi connectivity index (χ1) is 7.18. The van der Waals surface area contributed by atoms with Crippen LogP contribution in [0.15, 0.2) is 24.3 Å². The van der Waals surface area contributed by atoms with Gasteiger partial charge in [-0.25, -0.2) is 4.39 Å². The smallest absolute Gasteiger partial charge is 0.309 e. The van der Waals surface area contributed by atoms with Gasteiger partial charge in [-0.1, -0.05) is 18.2 Å². The van der Waals surface area contributed by atoms with E-state index in [-0.39, 0.29) is 12.4 Å². The number of piperazine rings is 1. The lowest BCUT2D eigenvalue weighted by Crippen LogP contribution is -2.51. The number of amides is 2. The van der Waals surface area contributed by atoms with E-state index in [1.165, 1.54) is 6.07 Å². The van der Waals surface area contributed by atoms with Crippen LogP contribution in [0.2, 0.25) is 0 Å². The molecule has 1 aliphatic rings. The lowest BCUT2D eigenvalue weighted by molar-refractivity contribution is -0.141. The summed E-state index contributed by atoms with van der Waals surface area (Å²) in [5.74, 6) is -1.80. The van der Waals surface area contributed by atoms with E-state index in [1.807, 2.05) is 0 Å². The van der Waals surface area contributed by atoms with Crippen LogP contribution in [0, 0.1) is 5.82 Å². The second-order valence-electron chi connectivity index (χ2n) is 3.26. The van der Waals surface area contributed by atoms with Gasteiger partial charge < -0.3 is 10.6 Å². The molecule has 0 bridgehead atoms. The fourth-order valence-electron chi connectivity index (χ4n) is 1.50. The minimum absolute atomic E-state index is 0.214. The maximum absolute atomic E-state index is 13.3. The highest BCUT2D eigenvalue weighted by molar-refractivity contribution is 6.35. The molecular formula is C10H9FN2O2. The van der Waals surface area contributed by atoms with Crippen molar-refractivity contribution < 1.29 is 14.0 Å². The van der Waals surface area contributed by atoms with Gasteiger partial charge in [0, 0.05) is 12.1 Å². The van der Waals surface area contributed by atoms with E-state index in [4.69, 9.17) is 0 Å². The normalized spacial score (nSPS) is 20.7. The summed E-state index contributed by atoms with van der Waals surface area (Å²) in [5, 5.41) is 4.82. The van der Waals surface area contributed by atoms with Gasteiger partial charge >= 0.3 is 11.8 Å². The summed E-state index contributed by atoms with van der Waals surface area (Å²) >= 11 is 0. The summed E-state index contributed by atoms with van der Waals surface area (Å²) < 4.78 is 13.3. The van der Waals surface area contributed by atoms with Crippen molar-refractivity contribution in [2.24, 2.45) is 0 Å². The molecule has 0 spiro atoms. The van der Waals surface area contributed by atoms with Crippen LogP contribution >= 0.6 is 0 Å². The Labute approximate surface area is 85.5 Å². The van der Waals surface area contributed by atoms with Crippen LogP contribution in [0.3, 0.4) is 0 Å². The monoisotopic (exact) mass is 208 g/mol. The molecule has 0 saturated carbocycles. The van der Waals surface area contributed by atoms with Gasteiger partial charge in [-0.3, -0.25) is 9.59 Å². The first kappa shape index (κ1) is 9.64. The highest BCUT2D eigenvalue weighted by Crippen LogP contribution is 2.17. The minimum Gasteiger partial charge on any atom is -0.345 e. The molecule has 15 heavy (non-hydrogen) atoms. The molecule has 2 N–H and O–H groups in total. The van der Waals surface area contributed by atoms with E-state index in [9.17, 15) is 14.0 Å². The molecule has 1 aromatic rings. The van der Waals surface area contributed by atoms with Gasteiger partial charge in [0.15, 0.2) is 0 Å². The van der Waals surface area contributed by atoms with Crippen molar-refractivity contribution in [3.63, 3.8) is 0 Å². The summed E-state index contributed by atoms with van der Waals surface area (Å²) in [7, 11) is 0. The molecule has 4 nitrogen and oxygen atoms in total. The van der Waals surface area contributed by atoms with Crippen LogP contribution < -0.4 is 10.6 Å². The van der Waals surface area contributed by atoms with Gasteiger partial charge in [-0.15, -0.1) is 0 Å². The highest BCUT2D eigenvalue weighted by atomic mass is 19.1. The van der Waals surface area contributed by atoms with E-state index in [1.54, 1.807) is 18.2 Å². The molecule has 1 fully saturated rings. The predicted molar refractivity (Wildman–Crippen MR) is 50.3 cm³/mol. The molecule has 1 unspecified atom stereocenters. The summed E-state index contributed by atoms with van der Waals surface area (Å²) in [5.41, 5.74) is 0.380. The second kappa shape index (κ2) is 3.68. The number of rotatable bonds is 1. The molecule has 2 amide bonds. The summed E-state index contributed by atoms with van der Waals surface area (Å²) in [6, 6.07) is 5.66. The highest BCUT2D eigenvalue weighted by Gasteiger charge is 2.27. The average molecular weight is 208 g/mol. The fourth-order valence-corrected chi connectivity index (χ4v) is 1.50. The molecule has 1 atom stereocenters. The molecule has 0 aliphatic carbocycles. The first-order valence-corrected chi connectivity index (χ1v) is 4.51. The van der Waals surface area contributed by atoms with Crippen LogP contribution in [0.4, 0.5) is 4.39 Å². The van der Waals surface area contributed by atoms with Gasteiger partial charge in [0.1, 0.15) is 5.82 Å². The Hall–Kier alpha value is -1.91. The van der Waals surface area contributed by atoms with Gasteiger partial charge in [-0.05, 0) is 6.07 Å². The lowest BCUT2D eigenvalue weighted by Gasteiger charge is -2.24. The Morgan fingerprint density at radius 3 is 2.60 bits per heavy atom. The van der Waals surface area contributed by atoms with Crippen molar-refractivity contribution in [3.05, 3.63) is 35.6 Å². The topological polar surface area (TPSA) is 58.2 Å². The van der Waals surface area contributed by atoms with Crippen LogP contribution in [0.25, 0.3) is 0 Å². The maximum atomic E-state index is 13.3. The summed E-state index contributed by atoms with van der Waals surface area (Å²) in [4.78, 5) is 21.9. The van der Waals surface area contributed by atoms with Gasteiger partial charge in [0.2, 0.25) is 0 Å². The molecule has 1 aliphatic heterocycles. The molecular weight excluding hydrogens is 199 g/mol. The Kier molecular flexibility index (Phi) is 2.37. The van der Waals surface area contributed by atoms with E-state index < -0.39 is 17.9 Å². The molecule has 1 saturated heterocycles. The Morgan fingerprint density at radius 2 is 1.93 bits per heavy atom. The SMILES string of the molecule is O=C1NCC(c2ccccc2F)NC1=O. The molecule has 1 aromatic carbocycles. The standard InChI is InChI=1S/C10H9FN2O2/c11-7-4-2-1-3-6(7)8-5-12-9(14)10(15)13-8/h1-4,8H,5H2,(H,12,14)(H,13,15). The minimum atomic E-state index is -0.727. The number of carbonyl (C=O) groups is 2. The van der Waals surface area contributed by atoms with Crippen molar-refractivity contribution in [2.75, 3.05) is 6.54 Å². The maximum Gasteiger partial charge on any atom is 0.309 e. The molecule has 0 radical (unpaired) electrons. The zero-order chi connectivity index (χ0) is 10.8. The number of hydrogen-bond acceptors (Lipinski definition) is 2. The zero-order valence-corrected chi connectivity index (χ0v) is 7.79. The largest absolute Gasteiger partial charge is 0.345 e. The quantitative estimate of drug-likeness (QED) is 0.644. The third kappa shape index (κ3) is 1.81. The molecule has 2 rings (SSSR count). The van der Waals surface area contributed by atoms with Crippen molar-refractivity contribution >= 4 is 11.8 Å². The van der Waals surface area contributed by atoms with Crippen LogP contribution in [-0.2, 0) is 9.59 Å². The van der Waals surface area contributed by atoms with Crippen LogP contribution in [-0.4, -0.2) is 18.4 Å². The Morgan fingerprint density at radius 1 is 1.20 bits per heavy atom. The number of nitrogens with one attached hydrogen (secondary N) is 2. The van der Waals surface area contributed by atoms with Crippen molar-refractivity contribution in [1.29, 1.82) is 0 Å². The zero-order valence-electron chi connectivity index (χ0n) is 7.79. The van der Waals surface area contributed by atoms with Gasteiger partial charge in [0.05, 0.1) is 6.04 Å². The fraction of sp³-hybridized carbons (Fsp3) is 0.200. The van der Waals surface area contributed by atoms with E-state index in [0.29, 0.717) is 5.56 Å². The van der Waals surface area contributed by atoms with Crippen molar-refractivity contribution in [3.8, 4) is 0 Å². The molecule has 78 valence electrons. The lowest BCUT2D eigenvalue weighted by atomic mass is 10.0. The number of hydrogen-bond donors (Lipinski definition) is 2. The van der Waals surface area contributed by atoms with E-state index in [2.05, 4.69) is 10.6 Å². The third-order valence-corrected chi connectivity index (χ3v) is 2.26. The second-order valence-corrected chi connectivity index (χ2v) is 3.26. The van der Waals surface area contributed by atoms with Gasteiger partial charge in [0.25, 0.3) is 0 Å². The summed E-state index contributed by atoms with van der Waals surface area (Å²) in [6.07, 6.45) is 0.